The van der Waals surface area contributed by atoms with E-state index in [9.17, 15) is 5.11 Å². The van der Waals surface area contributed by atoms with Crippen molar-refractivity contribution in [3.8, 4) is 5.75 Å². The fourth-order valence-corrected chi connectivity index (χ4v) is 3.90. The average Bonchev–Trinajstić information content (AvgIpc) is 2.66. The first-order valence-electron chi connectivity index (χ1n) is 10.0. The Hall–Kier alpha value is -1.88. The van der Waals surface area contributed by atoms with E-state index in [4.69, 9.17) is 4.74 Å². The van der Waals surface area contributed by atoms with Gasteiger partial charge in [-0.1, -0.05) is 36.4 Å². The third-order valence-electron chi connectivity index (χ3n) is 5.40. The normalized spacial score (nSPS) is 18.6. The predicted molar refractivity (Wildman–Crippen MR) is 110 cm³/mol. The van der Waals surface area contributed by atoms with Gasteiger partial charge in [-0.2, -0.15) is 0 Å². The molecular formula is C23H32N2O2. The lowest BCUT2D eigenvalue weighted by molar-refractivity contribution is 0.0498. The molecule has 4 heteroatoms. The molecule has 4 nitrogen and oxygen atoms in total. The molecule has 0 amide bonds. The Kier molecular flexibility index (Phi) is 7.27. The second kappa shape index (κ2) is 9.88. The van der Waals surface area contributed by atoms with Gasteiger partial charge in [-0.05, 0) is 49.1 Å². The van der Waals surface area contributed by atoms with Crippen LogP contribution >= 0.6 is 0 Å². The van der Waals surface area contributed by atoms with E-state index in [0.717, 1.165) is 44.9 Å². The number of rotatable bonds is 8. The molecule has 0 aliphatic carbocycles. The number of aliphatic hydroxyl groups excluding tert-OH is 1. The highest BCUT2D eigenvalue weighted by atomic mass is 16.5. The molecule has 3 rings (SSSR count). The SMILES string of the molecule is CCOc1cccc(CN2CCN(Cc3ccccc3C)C(CCO)C2)c1. The van der Waals surface area contributed by atoms with Crippen LogP contribution in [0.2, 0.25) is 0 Å². The zero-order valence-corrected chi connectivity index (χ0v) is 16.6. The molecule has 0 saturated carbocycles. The maximum Gasteiger partial charge on any atom is 0.119 e. The number of nitrogens with zero attached hydrogens (tertiary/aromatic N) is 2. The summed E-state index contributed by atoms with van der Waals surface area (Å²) in [6, 6.07) is 17.4. The van der Waals surface area contributed by atoms with Gasteiger partial charge in [0.25, 0.3) is 0 Å². The number of piperazine rings is 1. The summed E-state index contributed by atoms with van der Waals surface area (Å²) in [6.45, 7) is 10.1. The first-order valence-corrected chi connectivity index (χ1v) is 10.0. The Morgan fingerprint density at radius 1 is 1.07 bits per heavy atom. The molecular weight excluding hydrogens is 336 g/mol. The largest absolute Gasteiger partial charge is 0.494 e. The average molecular weight is 369 g/mol. The topological polar surface area (TPSA) is 35.9 Å². The fourth-order valence-electron chi connectivity index (χ4n) is 3.90. The summed E-state index contributed by atoms with van der Waals surface area (Å²) in [4.78, 5) is 5.03. The lowest BCUT2D eigenvalue weighted by Gasteiger charge is -2.41. The second-order valence-corrected chi connectivity index (χ2v) is 7.38. The van der Waals surface area contributed by atoms with E-state index in [-0.39, 0.29) is 6.61 Å². The molecule has 146 valence electrons. The highest BCUT2D eigenvalue weighted by Gasteiger charge is 2.27. The minimum absolute atomic E-state index is 0.239. The molecule has 1 aliphatic rings. The van der Waals surface area contributed by atoms with Crippen molar-refractivity contribution in [3.63, 3.8) is 0 Å². The standard InChI is InChI=1S/C23H32N2O2/c1-3-27-23-10-6-8-20(15-23)16-24-12-13-25(22(18-24)11-14-26)17-21-9-5-4-7-19(21)2/h4-10,15,22,26H,3,11-14,16-18H2,1-2H3. The minimum atomic E-state index is 0.239. The summed E-state index contributed by atoms with van der Waals surface area (Å²) in [5.41, 5.74) is 4.02. The molecule has 1 saturated heterocycles. The summed E-state index contributed by atoms with van der Waals surface area (Å²) in [5.74, 6) is 0.945. The lowest BCUT2D eigenvalue weighted by Crippen LogP contribution is -2.52. The summed E-state index contributed by atoms with van der Waals surface area (Å²) < 4.78 is 5.63. The van der Waals surface area contributed by atoms with E-state index in [1.54, 1.807) is 0 Å². The van der Waals surface area contributed by atoms with E-state index in [2.05, 4.69) is 59.2 Å². The van der Waals surface area contributed by atoms with E-state index >= 15 is 0 Å². The quantitative estimate of drug-likeness (QED) is 0.774. The number of ether oxygens (including phenoxy) is 1. The van der Waals surface area contributed by atoms with E-state index < -0.39 is 0 Å². The molecule has 0 radical (unpaired) electrons. The molecule has 1 heterocycles. The van der Waals surface area contributed by atoms with Crippen LogP contribution in [0.1, 0.15) is 30.0 Å². The van der Waals surface area contributed by atoms with Gasteiger partial charge in [0, 0.05) is 45.4 Å². The van der Waals surface area contributed by atoms with Crippen molar-refractivity contribution < 1.29 is 9.84 Å². The number of aryl methyl sites for hydroxylation is 1. The Balaban J connectivity index is 1.63. The van der Waals surface area contributed by atoms with E-state index in [0.29, 0.717) is 12.6 Å². The molecule has 1 atom stereocenters. The van der Waals surface area contributed by atoms with E-state index in [1.807, 2.05) is 13.0 Å². The van der Waals surface area contributed by atoms with Crippen molar-refractivity contribution in [2.75, 3.05) is 32.8 Å². The maximum absolute atomic E-state index is 9.57. The van der Waals surface area contributed by atoms with Crippen LogP contribution in [0.3, 0.4) is 0 Å². The van der Waals surface area contributed by atoms with Gasteiger partial charge in [0.15, 0.2) is 0 Å². The van der Waals surface area contributed by atoms with Gasteiger partial charge in [0.1, 0.15) is 5.75 Å². The van der Waals surface area contributed by atoms with Crippen LogP contribution in [0, 0.1) is 6.92 Å². The Morgan fingerprint density at radius 3 is 2.70 bits per heavy atom. The van der Waals surface area contributed by atoms with Gasteiger partial charge >= 0.3 is 0 Å². The van der Waals surface area contributed by atoms with Crippen LogP contribution in [-0.4, -0.2) is 53.8 Å². The third kappa shape index (κ3) is 5.55. The number of hydrogen-bond acceptors (Lipinski definition) is 4. The summed E-state index contributed by atoms with van der Waals surface area (Å²) in [7, 11) is 0. The highest BCUT2D eigenvalue weighted by Crippen LogP contribution is 2.21. The van der Waals surface area contributed by atoms with Crippen LogP contribution < -0.4 is 4.74 Å². The maximum atomic E-state index is 9.57. The molecule has 1 aliphatic heterocycles. The number of benzene rings is 2. The van der Waals surface area contributed by atoms with E-state index in [1.165, 1.54) is 16.7 Å². The predicted octanol–water partition coefficient (Wildman–Crippen LogP) is 3.46. The third-order valence-corrected chi connectivity index (χ3v) is 5.40. The van der Waals surface area contributed by atoms with Crippen molar-refractivity contribution in [2.45, 2.75) is 39.4 Å². The van der Waals surface area contributed by atoms with Gasteiger partial charge in [-0.25, -0.2) is 0 Å². The Labute approximate surface area is 163 Å². The van der Waals surface area contributed by atoms with Crippen molar-refractivity contribution in [1.82, 2.24) is 9.80 Å². The second-order valence-electron chi connectivity index (χ2n) is 7.38. The summed E-state index contributed by atoms with van der Waals surface area (Å²) in [6.07, 6.45) is 0.821. The summed E-state index contributed by atoms with van der Waals surface area (Å²) in [5, 5.41) is 9.57. The molecule has 0 spiro atoms. The molecule has 2 aromatic rings. The molecule has 1 N–H and O–H groups in total. The van der Waals surface area contributed by atoms with Gasteiger partial charge in [-0.3, -0.25) is 9.80 Å². The molecule has 2 aromatic carbocycles. The molecule has 0 aromatic heterocycles. The number of aliphatic hydroxyl groups is 1. The van der Waals surface area contributed by atoms with Crippen LogP contribution in [0.15, 0.2) is 48.5 Å². The van der Waals surface area contributed by atoms with Gasteiger partial charge in [0.05, 0.1) is 6.61 Å². The smallest absolute Gasteiger partial charge is 0.119 e. The highest BCUT2D eigenvalue weighted by molar-refractivity contribution is 5.28. The molecule has 1 fully saturated rings. The van der Waals surface area contributed by atoms with Crippen LogP contribution in [0.25, 0.3) is 0 Å². The van der Waals surface area contributed by atoms with Crippen LogP contribution in [0.5, 0.6) is 5.75 Å². The van der Waals surface area contributed by atoms with Gasteiger partial charge in [-0.15, -0.1) is 0 Å². The van der Waals surface area contributed by atoms with Crippen molar-refractivity contribution in [3.05, 3.63) is 65.2 Å². The first-order chi connectivity index (χ1) is 13.2. The van der Waals surface area contributed by atoms with Crippen molar-refractivity contribution >= 4 is 0 Å². The molecule has 1 unspecified atom stereocenters. The zero-order chi connectivity index (χ0) is 19.1. The number of hydrogen-bond donors (Lipinski definition) is 1. The zero-order valence-electron chi connectivity index (χ0n) is 16.6. The minimum Gasteiger partial charge on any atom is -0.494 e. The van der Waals surface area contributed by atoms with Gasteiger partial charge < -0.3 is 9.84 Å². The Bertz CT molecular complexity index is 719. The fraction of sp³-hybridized carbons (Fsp3) is 0.478. The lowest BCUT2D eigenvalue weighted by atomic mass is 10.0. The van der Waals surface area contributed by atoms with Crippen molar-refractivity contribution in [1.29, 1.82) is 0 Å². The Morgan fingerprint density at radius 2 is 1.93 bits per heavy atom. The molecule has 0 bridgehead atoms. The monoisotopic (exact) mass is 368 g/mol. The van der Waals surface area contributed by atoms with Gasteiger partial charge in [0.2, 0.25) is 0 Å². The first kappa shape index (κ1) is 19.9. The van der Waals surface area contributed by atoms with Crippen LogP contribution in [0.4, 0.5) is 0 Å². The molecule has 27 heavy (non-hydrogen) atoms. The van der Waals surface area contributed by atoms with Crippen LogP contribution in [-0.2, 0) is 13.1 Å². The summed E-state index contributed by atoms with van der Waals surface area (Å²) >= 11 is 0. The van der Waals surface area contributed by atoms with Crippen molar-refractivity contribution in [2.24, 2.45) is 0 Å².